The van der Waals surface area contributed by atoms with E-state index in [1.54, 1.807) is 4.90 Å². The Kier molecular flexibility index (Phi) is 6.00. The van der Waals surface area contributed by atoms with E-state index in [0.29, 0.717) is 11.6 Å². The average molecular weight is 386 g/mol. The zero-order valence-corrected chi connectivity index (χ0v) is 17.0. The summed E-state index contributed by atoms with van der Waals surface area (Å²) in [6.45, 7) is 6.14. The fourth-order valence-corrected chi connectivity index (χ4v) is 4.81. The molecule has 0 saturated heterocycles. The molecule has 1 aromatic heterocycles. The molecule has 1 N–H and O–H groups in total. The van der Waals surface area contributed by atoms with Crippen LogP contribution in [0.5, 0.6) is 0 Å². The van der Waals surface area contributed by atoms with Gasteiger partial charge in [0.1, 0.15) is 4.88 Å². The highest BCUT2D eigenvalue weighted by Crippen LogP contribution is 2.39. The third kappa shape index (κ3) is 4.24. The van der Waals surface area contributed by atoms with Gasteiger partial charge in [0.25, 0.3) is 0 Å². The van der Waals surface area contributed by atoms with E-state index in [1.165, 1.54) is 11.3 Å². The van der Waals surface area contributed by atoms with Gasteiger partial charge in [0.05, 0.1) is 5.69 Å². The van der Waals surface area contributed by atoms with E-state index in [0.717, 1.165) is 36.1 Å². The van der Waals surface area contributed by atoms with Crippen LogP contribution < -0.4 is 4.90 Å². The van der Waals surface area contributed by atoms with Crippen molar-refractivity contribution in [3.63, 3.8) is 0 Å². The molecule has 0 aliphatic heterocycles. The number of amides is 1. The lowest BCUT2D eigenvalue weighted by molar-refractivity contribution is -0.123. The van der Waals surface area contributed by atoms with Gasteiger partial charge in [-0.2, -0.15) is 0 Å². The number of nitrogens with zero attached hydrogens (tertiary/aromatic N) is 1. The molecule has 2 aromatic rings. The summed E-state index contributed by atoms with van der Waals surface area (Å²) in [4.78, 5) is 28.0. The van der Waals surface area contributed by atoms with Crippen LogP contribution >= 0.6 is 11.3 Å². The van der Waals surface area contributed by atoms with Crippen molar-refractivity contribution in [2.45, 2.75) is 52.5 Å². The van der Waals surface area contributed by atoms with E-state index in [2.05, 4.69) is 6.92 Å². The van der Waals surface area contributed by atoms with Gasteiger partial charge in [0, 0.05) is 16.8 Å². The Morgan fingerprint density at radius 1 is 1.11 bits per heavy atom. The van der Waals surface area contributed by atoms with Gasteiger partial charge < -0.3 is 10.0 Å². The van der Waals surface area contributed by atoms with Crippen molar-refractivity contribution in [2.24, 2.45) is 11.8 Å². The molecule has 0 spiro atoms. The Balaban J connectivity index is 1.98. The van der Waals surface area contributed by atoms with Gasteiger partial charge in [-0.25, -0.2) is 4.79 Å². The van der Waals surface area contributed by atoms with Crippen LogP contribution in [-0.2, 0) is 4.79 Å². The second-order valence-electron chi connectivity index (χ2n) is 7.75. The predicted molar refractivity (Wildman–Crippen MR) is 110 cm³/mol. The van der Waals surface area contributed by atoms with Gasteiger partial charge in [-0.15, -0.1) is 11.3 Å². The van der Waals surface area contributed by atoms with E-state index in [9.17, 15) is 14.7 Å². The molecule has 1 aliphatic rings. The second kappa shape index (κ2) is 8.26. The first-order valence-electron chi connectivity index (χ1n) is 9.64. The third-order valence-electron chi connectivity index (χ3n) is 5.34. The summed E-state index contributed by atoms with van der Waals surface area (Å²) < 4.78 is 0. The maximum absolute atomic E-state index is 13.3. The molecule has 27 heavy (non-hydrogen) atoms. The molecule has 0 unspecified atom stereocenters. The fourth-order valence-electron chi connectivity index (χ4n) is 3.81. The van der Waals surface area contributed by atoms with E-state index in [-0.39, 0.29) is 22.7 Å². The highest BCUT2D eigenvalue weighted by atomic mass is 32.1. The average Bonchev–Trinajstić information content (AvgIpc) is 3.08. The number of carboxylic acid groups (broad SMARTS) is 1. The normalized spacial score (nSPS) is 19.9. The van der Waals surface area contributed by atoms with Crippen molar-refractivity contribution in [1.82, 2.24) is 0 Å². The zero-order chi connectivity index (χ0) is 19.6. The molecule has 0 radical (unpaired) electrons. The van der Waals surface area contributed by atoms with E-state index in [4.69, 9.17) is 0 Å². The number of rotatable bonds is 5. The second-order valence-corrected chi connectivity index (χ2v) is 8.81. The van der Waals surface area contributed by atoms with Gasteiger partial charge in [0.2, 0.25) is 5.91 Å². The summed E-state index contributed by atoms with van der Waals surface area (Å²) in [6.07, 6.45) is 3.91. The highest BCUT2D eigenvalue weighted by Gasteiger charge is 2.33. The largest absolute Gasteiger partial charge is 0.477 e. The number of carbonyl (C=O) groups excluding carboxylic acids is 1. The van der Waals surface area contributed by atoms with E-state index >= 15 is 0 Å². The third-order valence-corrected chi connectivity index (χ3v) is 6.50. The molecule has 0 atom stereocenters. The highest BCUT2D eigenvalue weighted by molar-refractivity contribution is 7.18. The fraction of sp³-hybridized carbons (Fsp3) is 0.455. The topological polar surface area (TPSA) is 57.6 Å². The van der Waals surface area contributed by atoms with E-state index < -0.39 is 5.97 Å². The molecule has 1 saturated carbocycles. The smallest absolute Gasteiger partial charge is 0.348 e. The number of carbonyl (C=O) groups is 2. The number of benzene rings is 1. The van der Waals surface area contributed by atoms with Crippen LogP contribution in [0.1, 0.15) is 56.1 Å². The summed E-state index contributed by atoms with van der Waals surface area (Å²) in [6, 6.07) is 11.5. The van der Waals surface area contributed by atoms with Crippen molar-refractivity contribution in [2.75, 3.05) is 4.90 Å². The molecule has 1 aromatic carbocycles. The molecular weight excluding hydrogens is 358 g/mol. The van der Waals surface area contributed by atoms with E-state index in [1.807, 2.05) is 50.2 Å². The van der Waals surface area contributed by atoms with Crippen LogP contribution in [-0.4, -0.2) is 23.0 Å². The van der Waals surface area contributed by atoms with Gasteiger partial charge in [-0.1, -0.05) is 37.3 Å². The Labute approximate surface area is 164 Å². The van der Waals surface area contributed by atoms with Crippen molar-refractivity contribution < 1.29 is 14.7 Å². The number of thiophene rings is 1. The number of anilines is 1. The lowest BCUT2D eigenvalue weighted by Crippen LogP contribution is -2.42. The maximum Gasteiger partial charge on any atom is 0.348 e. The summed E-state index contributed by atoms with van der Waals surface area (Å²) in [5, 5.41) is 9.76. The molecule has 1 amide bonds. The minimum absolute atomic E-state index is 0.00896. The van der Waals surface area contributed by atoms with Gasteiger partial charge in [-0.05, 0) is 57.1 Å². The quantitative estimate of drug-likeness (QED) is 0.720. The van der Waals surface area contributed by atoms with Crippen molar-refractivity contribution >= 4 is 28.9 Å². The lowest BCUT2D eigenvalue weighted by atomic mass is 9.82. The summed E-state index contributed by atoms with van der Waals surface area (Å²) in [7, 11) is 0. The number of carboxylic acids is 1. The summed E-state index contributed by atoms with van der Waals surface area (Å²) in [5.74, 6) is -0.253. The van der Waals surface area contributed by atoms with Crippen LogP contribution in [0, 0.1) is 11.8 Å². The van der Waals surface area contributed by atoms with Crippen molar-refractivity contribution in [3.8, 4) is 10.4 Å². The molecule has 4 nitrogen and oxygen atoms in total. The standard InChI is InChI=1S/C22H27NO3S/c1-14(2)23(21(24)17-11-9-15(3)10-12-17)18-13-19(27-20(18)22(25)26)16-7-5-4-6-8-16/h4-8,13-15,17H,9-12H2,1-3H3,(H,25,26). The van der Waals surface area contributed by atoms with Crippen LogP contribution in [0.2, 0.25) is 0 Å². The van der Waals surface area contributed by atoms with Crippen LogP contribution in [0.15, 0.2) is 36.4 Å². The van der Waals surface area contributed by atoms with Crippen LogP contribution in [0.4, 0.5) is 5.69 Å². The van der Waals surface area contributed by atoms with Crippen LogP contribution in [0.3, 0.4) is 0 Å². The summed E-state index contributed by atoms with van der Waals surface area (Å²) in [5.41, 5.74) is 1.50. The molecule has 0 bridgehead atoms. The van der Waals surface area contributed by atoms with Crippen molar-refractivity contribution in [1.29, 1.82) is 0 Å². The summed E-state index contributed by atoms with van der Waals surface area (Å²) >= 11 is 1.24. The SMILES string of the molecule is CC1CCC(C(=O)N(c2cc(-c3ccccc3)sc2C(=O)O)C(C)C)CC1. The minimum Gasteiger partial charge on any atom is -0.477 e. The van der Waals surface area contributed by atoms with Crippen LogP contribution in [0.25, 0.3) is 10.4 Å². The number of aromatic carboxylic acids is 1. The molecule has 1 aliphatic carbocycles. The predicted octanol–water partition coefficient (Wildman–Crippen LogP) is 5.68. The molecular formula is C22H27NO3S. The zero-order valence-electron chi connectivity index (χ0n) is 16.1. The van der Waals surface area contributed by atoms with Crippen molar-refractivity contribution in [3.05, 3.63) is 41.3 Å². The molecule has 5 heteroatoms. The molecule has 1 heterocycles. The van der Waals surface area contributed by atoms with Gasteiger partial charge in [0.15, 0.2) is 0 Å². The lowest BCUT2D eigenvalue weighted by Gasteiger charge is -2.33. The van der Waals surface area contributed by atoms with Gasteiger partial charge >= 0.3 is 5.97 Å². The Morgan fingerprint density at radius 3 is 2.30 bits per heavy atom. The number of hydrogen-bond acceptors (Lipinski definition) is 3. The Bertz CT molecular complexity index is 804. The Hall–Kier alpha value is -2.14. The van der Waals surface area contributed by atoms with Gasteiger partial charge in [-0.3, -0.25) is 4.79 Å². The first-order valence-corrected chi connectivity index (χ1v) is 10.5. The minimum atomic E-state index is -0.979. The maximum atomic E-state index is 13.3. The molecule has 3 rings (SSSR count). The number of hydrogen-bond donors (Lipinski definition) is 1. The Morgan fingerprint density at radius 2 is 1.74 bits per heavy atom. The first-order chi connectivity index (χ1) is 12.9. The molecule has 144 valence electrons. The monoisotopic (exact) mass is 385 g/mol. The molecule has 1 fully saturated rings. The first kappa shape index (κ1) is 19.6.